The van der Waals surface area contributed by atoms with Crippen LogP contribution < -0.4 is 0 Å². The molecule has 4 heteroatoms. The molecule has 10 aromatic carbocycles. The van der Waals surface area contributed by atoms with Gasteiger partial charge in [0, 0.05) is 27.5 Å². The minimum absolute atomic E-state index is 0.584. The fourth-order valence-corrected chi connectivity index (χ4v) is 11.3. The largest absolute Gasteiger partial charge is 0.277 e. The van der Waals surface area contributed by atoms with Crippen molar-refractivity contribution in [1.82, 2.24) is 19.5 Å². The summed E-state index contributed by atoms with van der Waals surface area (Å²) in [5.74, 6) is 1.85. The average molecular weight is 787 g/mol. The van der Waals surface area contributed by atoms with Gasteiger partial charge in [0.2, 0.25) is 5.95 Å². The van der Waals surface area contributed by atoms with Crippen LogP contribution >= 0.6 is 0 Å². The second-order valence-electron chi connectivity index (χ2n) is 16.6. The minimum atomic E-state index is -0.614. The van der Waals surface area contributed by atoms with Crippen LogP contribution in [0.3, 0.4) is 0 Å². The van der Waals surface area contributed by atoms with Crippen molar-refractivity contribution in [3.8, 4) is 51.0 Å². The van der Waals surface area contributed by atoms with E-state index in [4.69, 9.17) is 15.0 Å². The SMILES string of the molecule is c1ccc2c(c1)-c1ccccc1C21c2ccccc2-c2c1c1c(c3ccccc23)c2ccccc2n1-c1nc(-c2cccc3ccccc23)nc(-c2cccc3ccccc23)n1. The third kappa shape index (κ3) is 4.27. The number of para-hydroxylation sites is 1. The van der Waals surface area contributed by atoms with Crippen molar-refractivity contribution in [1.29, 1.82) is 0 Å². The molecule has 0 amide bonds. The number of hydrogen-bond acceptors (Lipinski definition) is 3. The van der Waals surface area contributed by atoms with Gasteiger partial charge in [-0.15, -0.1) is 0 Å². The van der Waals surface area contributed by atoms with Gasteiger partial charge < -0.3 is 0 Å². The van der Waals surface area contributed by atoms with Crippen LogP contribution in [-0.4, -0.2) is 19.5 Å². The number of nitrogens with zero attached hydrogens (tertiary/aromatic N) is 4. The maximum atomic E-state index is 5.60. The zero-order valence-electron chi connectivity index (χ0n) is 33.4. The van der Waals surface area contributed by atoms with Crippen LogP contribution in [0.1, 0.15) is 22.3 Å². The van der Waals surface area contributed by atoms with E-state index in [9.17, 15) is 0 Å². The number of fused-ring (bicyclic) bond motifs is 19. The summed E-state index contributed by atoms with van der Waals surface area (Å²) < 4.78 is 2.37. The second kappa shape index (κ2) is 12.4. The molecule has 14 rings (SSSR count). The Kier molecular flexibility index (Phi) is 6.73. The Morgan fingerprint density at radius 1 is 0.339 bits per heavy atom. The maximum absolute atomic E-state index is 5.60. The molecule has 0 saturated heterocycles. The van der Waals surface area contributed by atoms with Gasteiger partial charge in [-0.1, -0.05) is 200 Å². The molecule has 2 aliphatic rings. The predicted octanol–water partition coefficient (Wildman–Crippen LogP) is 14.1. The Bertz CT molecular complexity index is 3740. The Labute approximate surface area is 357 Å². The Hall–Kier alpha value is -8.21. The first-order valence-electron chi connectivity index (χ1n) is 21.3. The summed E-state index contributed by atoms with van der Waals surface area (Å²) in [5.41, 5.74) is 13.7. The Morgan fingerprint density at radius 2 is 0.774 bits per heavy atom. The molecule has 0 fully saturated rings. The fraction of sp³-hybridized carbons (Fsp3) is 0.0172. The van der Waals surface area contributed by atoms with Crippen molar-refractivity contribution >= 4 is 54.1 Å². The van der Waals surface area contributed by atoms with E-state index in [1.54, 1.807) is 0 Å². The van der Waals surface area contributed by atoms with Crippen molar-refractivity contribution in [3.05, 3.63) is 229 Å². The lowest BCUT2D eigenvalue weighted by Crippen LogP contribution is -2.27. The zero-order chi connectivity index (χ0) is 40.5. The molecule has 2 aromatic heterocycles. The van der Waals surface area contributed by atoms with E-state index in [0.29, 0.717) is 17.6 Å². The van der Waals surface area contributed by atoms with Crippen molar-refractivity contribution < 1.29 is 0 Å². The van der Waals surface area contributed by atoms with Crippen LogP contribution in [0.4, 0.5) is 0 Å². The molecule has 2 aliphatic carbocycles. The monoisotopic (exact) mass is 786 g/mol. The van der Waals surface area contributed by atoms with Crippen molar-refractivity contribution in [2.45, 2.75) is 5.41 Å². The molecule has 0 saturated carbocycles. The molecule has 2 heterocycles. The molecular weight excluding hydrogens is 753 g/mol. The van der Waals surface area contributed by atoms with Crippen molar-refractivity contribution in [2.24, 2.45) is 0 Å². The molecule has 62 heavy (non-hydrogen) atoms. The molecule has 0 aliphatic heterocycles. The van der Waals surface area contributed by atoms with E-state index in [2.05, 4.69) is 211 Å². The summed E-state index contributed by atoms with van der Waals surface area (Å²) in [6.45, 7) is 0. The minimum Gasteiger partial charge on any atom is -0.277 e. The summed E-state index contributed by atoms with van der Waals surface area (Å²) in [5, 5.41) is 9.27. The van der Waals surface area contributed by atoms with Gasteiger partial charge in [0.05, 0.1) is 16.4 Å². The molecule has 0 N–H and O–H groups in total. The quantitative estimate of drug-likeness (QED) is 0.179. The third-order valence-electron chi connectivity index (χ3n) is 13.6. The van der Waals surface area contributed by atoms with Crippen LogP contribution in [0.5, 0.6) is 0 Å². The highest BCUT2D eigenvalue weighted by Gasteiger charge is 2.53. The summed E-state index contributed by atoms with van der Waals surface area (Å²) in [7, 11) is 0. The van der Waals surface area contributed by atoms with Gasteiger partial charge in [0.1, 0.15) is 0 Å². The highest BCUT2D eigenvalue weighted by Crippen LogP contribution is 2.66. The second-order valence-corrected chi connectivity index (χ2v) is 16.6. The lowest BCUT2D eigenvalue weighted by atomic mass is 9.70. The van der Waals surface area contributed by atoms with E-state index < -0.39 is 5.41 Å². The topological polar surface area (TPSA) is 43.6 Å². The van der Waals surface area contributed by atoms with Crippen LogP contribution in [0.15, 0.2) is 206 Å². The van der Waals surface area contributed by atoms with E-state index in [0.717, 1.165) is 49.1 Å². The van der Waals surface area contributed by atoms with Crippen LogP contribution in [0.2, 0.25) is 0 Å². The Morgan fingerprint density at radius 3 is 1.39 bits per heavy atom. The van der Waals surface area contributed by atoms with Crippen molar-refractivity contribution in [2.75, 3.05) is 0 Å². The van der Waals surface area contributed by atoms with Gasteiger partial charge in [-0.3, -0.25) is 4.57 Å². The molecule has 4 nitrogen and oxygen atoms in total. The molecule has 0 unspecified atom stereocenters. The van der Waals surface area contributed by atoms with Gasteiger partial charge in [0.25, 0.3) is 0 Å². The lowest BCUT2D eigenvalue weighted by molar-refractivity contribution is 0.795. The summed E-state index contributed by atoms with van der Waals surface area (Å²) in [6.07, 6.45) is 0. The lowest BCUT2D eigenvalue weighted by Gasteiger charge is -2.31. The van der Waals surface area contributed by atoms with Crippen LogP contribution in [0.25, 0.3) is 105 Å². The third-order valence-corrected chi connectivity index (χ3v) is 13.6. The van der Waals surface area contributed by atoms with E-state index in [1.165, 1.54) is 60.7 Å². The molecule has 0 radical (unpaired) electrons. The molecule has 0 atom stereocenters. The van der Waals surface area contributed by atoms with Gasteiger partial charge in [-0.25, -0.2) is 4.98 Å². The first kappa shape index (κ1) is 33.6. The van der Waals surface area contributed by atoms with Gasteiger partial charge >= 0.3 is 0 Å². The summed E-state index contributed by atoms with van der Waals surface area (Å²) in [6, 6.07) is 74.8. The van der Waals surface area contributed by atoms with Gasteiger partial charge in [-0.05, 0) is 77.3 Å². The number of hydrogen-bond donors (Lipinski definition) is 0. The molecule has 12 aromatic rings. The van der Waals surface area contributed by atoms with Crippen LogP contribution in [-0.2, 0) is 5.41 Å². The van der Waals surface area contributed by atoms with E-state index in [-0.39, 0.29) is 0 Å². The normalized spacial score (nSPS) is 13.3. The number of aromatic nitrogens is 4. The Balaban J connectivity index is 1.21. The average Bonchev–Trinajstić information content (AvgIpc) is 3.96. The molecule has 1 spiro atoms. The van der Waals surface area contributed by atoms with Crippen molar-refractivity contribution in [3.63, 3.8) is 0 Å². The van der Waals surface area contributed by atoms with Gasteiger partial charge in [-0.2, -0.15) is 9.97 Å². The zero-order valence-corrected chi connectivity index (χ0v) is 33.4. The highest BCUT2D eigenvalue weighted by atomic mass is 15.2. The maximum Gasteiger partial charge on any atom is 0.238 e. The first-order valence-corrected chi connectivity index (χ1v) is 21.3. The molecule has 0 bridgehead atoms. The standard InChI is InChI=1S/C58H34N4/c1-3-21-37-35(17-1)19-15-29-43(37)55-59-56(44-30-16-20-36-18-2-4-22-38(36)44)61-57(60-55)62-50-34-14-10-28-46(50)52-42-26-6-5-25-41(42)51-45-27-9-13-33-49(45)58(53(51)54(52)62)47-31-11-7-23-39(47)40-24-8-12-32-48(40)58/h1-34H. The first-order chi connectivity index (χ1) is 30.8. The van der Waals surface area contributed by atoms with Gasteiger partial charge in [0.15, 0.2) is 11.6 Å². The molecule has 286 valence electrons. The van der Waals surface area contributed by atoms with E-state index >= 15 is 0 Å². The summed E-state index contributed by atoms with van der Waals surface area (Å²) in [4.78, 5) is 16.6. The molecular formula is C58H34N4. The highest BCUT2D eigenvalue weighted by molar-refractivity contribution is 6.27. The summed E-state index contributed by atoms with van der Waals surface area (Å²) >= 11 is 0. The van der Waals surface area contributed by atoms with Crippen LogP contribution in [0, 0.1) is 0 Å². The predicted molar refractivity (Wildman–Crippen MR) is 254 cm³/mol. The number of benzene rings is 10. The smallest absolute Gasteiger partial charge is 0.238 e. The van der Waals surface area contributed by atoms with E-state index in [1.807, 2.05) is 0 Å². The number of rotatable bonds is 3. The fourth-order valence-electron chi connectivity index (χ4n) is 11.3.